The van der Waals surface area contributed by atoms with Gasteiger partial charge in [0.1, 0.15) is 0 Å². The highest BCUT2D eigenvalue weighted by molar-refractivity contribution is 8.15. The van der Waals surface area contributed by atoms with Crippen LogP contribution in [0.1, 0.15) is 6.92 Å². The molecule has 74 valence electrons. The lowest BCUT2D eigenvalue weighted by atomic mass is 10.3. The number of benzene rings is 1. The first-order valence-electron chi connectivity index (χ1n) is 4.58. The molecule has 0 aliphatic carbocycles. The van der Waals surface area contributed by atoms with Gasteiger partial charge in [-0.2, -0.15) is 0 Å². The van der Waals surface area contributed by atoms with E-state index in [-0.39, 0.29) is 0 Å². The fraction of sp³-hybridized carbons (Fsp3) is 0.300. The van der Waals surface area contributed by atoms with Gasteiger partial charge in [0.05, 0.1) is 17.9 Å². The Morgan fingerprint density at radius 1 is 1.50 bits per heavy atom. The number of thioether (sulfide) groups is 1. The van der Waals surface area contributed by atoms with Crippen LogP contribution in [0.15, 0.2) is 29.3 Å². The van der Waals surface area contributed by atoms with Gasteiger partial charge in [-0.3, -0.25) is 4.99 Å². The van der Waals surface area contributed by atoms with Crippen molar-refractivity contribution in [2.45, 2.75) is 12.2 Å². The lowest BCUT2D eigenvalue weighted by Gasteiger charge is -2.07. The van der Waals surface area contributed by atoms with Crippen LogP contribution in [0, 0.1) is 0 Å². The van der Waals surface area contributed by atoms with Crippen LogP contribution in [-0.2, 0) is 0 Å². The van der Waals surface area contributed by atoms with Crippen LogP contribution in [0.3, 0.4) is 0 Å². The van der Waals surface area contributed by atoms with E-state index in [4.69, 9.17) is 5.73 Å². The second-order valence-electron chi connectivity index (χ2n) is 3.29. The summed E-state index contributed by atoms with van der Waals surface area (Å²) in [6.45, 7) is 3.05. The molecular formula is C10H13N3S. The molecule has 14 heavy (non-hydrogen) atoms. The zero-order valence-corrected chi connectivity index (χ0v) is 8.84. The summed E-state index contributed by atoms with van der Waals surface area (Å²) in [5.41, 5.74) is 7.50. The normalized spacial score (nSPS) is 20.6. The molecule has 1 aromatic rings. The number of hydrogen-bond donors (Lipinski definition) is 2. The first-order chi connectivity index (χ1) is 6.75. The van der Waals surface area contributed by atoms with E-state index in [1.807, 2.05) is 24.3 Å². The zero-order chi connectivity index (χ0) is 9.97. The lowest BCUT2D eigenvalue weighted by Crippen LogP contribution is -2.07. The van der Waals surface area contributed by atoms with Crippen molar-refractivity contribution in [2.75, 3.05) is 17.6 Å². The van der Waals surface area contributed by atoms with Crippen LogP contribution in [0.25, 0.3) is 0 Å². The molecule has 4 heteroatoms. The molecule has 3 nitrogen and oxygen atoms in total. The van der Waals surface area contributed by atoms with E-state index in [2.05, 4.69) is 17.2 Å². The lowest BCUT2D eigenvalue weighted by molar-refractivity contribution is 0.976. The predicted octanol–water partition coefficient (Wildman–Crippen LogP) is 2.17. The topological polar surface area (TPSA) is 50.4 Å². The molecule has 0 saturated carbocycles. The van der Waals surface area contributed by atoms with Crippen molar-refractivity contribution >= 4 is 28.3 Å². The number of nitrogens with one attached hydrogen (secondary N) is 1. The SMILES string of the molecule is C[C@H]1CN=C(Nc2ccccc2N)S1. The third kappa shape index (κ3) is 2.01. The van der Waals surface area contributed by atoms with Gasteiger partial charge in [0.25, 0.3) is 0 Å². The molecule has 0 unspecified atom stereocenters. The minimum atomic E-state index is 0.572. The number of para-hydroxylation sites is 2. The number of nitrogen functional groups attached to an aromatic ring is 1. The number of amidine groups is 1. The Balaban J connectivity index is 2.08. The number of aliphatic imine (C=N–C) groups is 1. The van der Waals surface area contributed by atoms with E-state index in [1.54, 1.807) is 11.8 Å². The zero-order valence-electron chi connectivity index (χ0n) is 8.03. The maximum Gasteiger partial charge on any atom is 0.161 e. The monoisotopic (exact) mass is 207 g/mol. The molecule has 0 radical (unpaired) electrons. The van der Waals surface area contributed by atoms with Gasteiger partial charge in [0, 0.05) is 5.25 Å². The summed E-state index contributed by atoms with van der Waals surface area (Å²) in [6.07, 6.45) is 0. The Bertz CT molecular complexity index is 362. The van der Waals surface area contributed by atoms with E-state index >= 15 is 0 Å². The molecule has 1 aliphatic rings. The Labute approximate surface area is 87.8 Å². The van der Waals surface area contributed by atoms with Gasteiger partial charge in [-0.25, -0.2) is 0 Å². The Hall–Kier alpha value is -1.16. The maximum atomic E-state index is 5.81. The van der Waals surface area contributed by atoms with E-state index in [0.29, 0.717) is 5.25 Å². The van der Waals surface area contributed by atoms with Gasteiger partial charge in [-0.15, -0.1) is 0 Å². The van der Waals surface area contributed by atoms with Crippen molar-refractivity contribution in [1.82, 2.24) is 0 Å². The molecule has 0 fully saturated rings. The van der Waals surface area contributed by atoms with Gasteiger partial charge >= 0.3 is 0 Å². The molecule has 0 amide bonds. The van der Waals surface area contributed by atoms with E-state index in [1.165, 1.54) is 0 Å². The summed E-state index contributed by atoms with van der Waals surface area (Å²) in [7, 11) is 0. The van der Waals surface area contributed by atoms with Crippen LogP contribution in [0.4, 0.5) is 11.4 Å². The average Bonchev–Trinajstić information content (AvgIpc) is 2.56. The summed E-state index contributed by atoms with van der Waals surface area (Å²) in [4.78, 5) is 4.37. The Morgan fingerprint density at radius 2 is 2.29 bits per heavy atom. The van der Waals surface area contributed by atoms with Gasteiger partial charge in [0.15, 0.2) is 5.17 Å². The van der Waals surface area contributed by atoms with Crippen molar-refractivity contribution in [1.29, 1.82) is 0 Å². The highest BCUT2D eigenvalue weighted by atomic mass is 32.2. The van der Waals surface area contributed by atoms with Crippen LogP contribution >= 0.6 is 11.8 Å². The van der Waals surface area contributed by atoms with Gasteiger partial charge in [-0.1, -0.05) is 30.8 Å². The van der Waals surface area contributed by atoms with Crippen LogP contribution in [0.5, 0.6) is 0 Å². The minimum Gasteiger partial charge on any atom is -0.397 e. The molecular weight excluding hydrogens is 194 g/mol. The van der Waals surface area contributed by atoms with Crippen molar-refractivity contribution in [2.24, 2.45) is 4.99 Å². The molecule has 1 heterocycles. The van der Waals surface area contributed by atoms with E-state index in [9.17, 15) is 0 Å². The fourth-order valence-electron chi connectivity index (χ4n) is 1.27. The highest BCUT2D eigenvalue weighted by Crippen LogP contribution is 2.24. The summed E-state index contributed by atoms with van der Waals surface area (Å²) in [5, 5.41) is 4.77. The largest absolute Gasteiger partial charge is 0.397 e. The van der Waals surface area contributed by atoms with E-state index < -0.39 is 0 Å². The summed E-state index contributed by atoms with van der Waals surface area (Å²) >= 11 is 1.75. The van der Waals surface area contributed by atoms with Crippen LogP contribution < -0.4 is 11.1 Å². The second-order valence-corrected chi connectivity index (χ2v) is 4.71. The third-order valence-corrected chi connectivity index (χ3v) is 3.01. The average molecular weight is 207 g/mol. The molecule has 1 aromatic carbocycles. The second kappa shape index (κ2) is 3.92. The first-order valence-corrected chi connectivity index (χ1v) is 5.46. The van der Waals surface area contributed by atoms with Crippen LogP contribution in [0.2, 0.25) is 0 Å². The number of nitrogens with zero attached hydrogens (tertiary/aromatic N) is 1. The molecule has 0 bridgehead atoms. The number of rotatable bonds is 1. The molecule has 1 atom stereocenters. The molecule has 3 N–H and O–H groups in total. The van der Waals surface area contributed by atoms with Gasteiger partial charge in [0.2, 0.25) is 0 Å². The standard InChI is InChI=1S/C10H13N3S/c1-7-6-12-10(14-7)13-9-5-3-2-4-8(9)11/h2-5,7H,6,11H2,1H3,(H,12,13)/t7-/m0/s1. The van der Waals surface area contributed by atoms with Crippen molar-refractivity contribution < 1.29 is 0 Å². The number of anilines is 2. The molecule has 1 aliphatic heterocycles. The van der Waals surface area contributed by atoms with Crippen LogP contribution in [-0.4, -0.2) is 17.0 Å². The minimum absolute atomic E-state index is 0.572. The Kier molecular flexibility index (Phi) is 2.63. The first kappa shape index (κ1) is 9.40. The van der Waals surface area contributed by atoms with Crippen molar-refractivity contribution in [3.05, 3.63) is 24.3 Å². The highest BCUT2D eigenvalue weighted by Gasteiger charge is 2.15. The van der Waals surface area contributed by atoms with Gasteiger partial charge < -0.3 is 11.1 Å². The quantitative estimate of drug-likeness (QED) is 0.694. The molecule has 0 aromatic heterocycles. The molecule has 2 rings (SSSR count). The van der Waals surface area contributed by atoms with Crippen molar-refractivity contribution in [3.8, 4) is 0 Å². The van der Waals surface area contributed by atoms with E-state index in [0.717, 1.165) is 23.1 Å². The maximum absolute atomic E-state index is 5.81. The molecule has 0 saturated heterocycles. The van der Waals surface area contributed by atoms with Gasteiger partial charge in [-0.05, 0) is 12.1 Å². The fourth-order valence-corrected chi connectivity index (χ4v) is 2.12. The smallest absolute Gasteiger partial charge is 0.161 e. The summed E-state index contributed by atoms with van der Waals surface area (Å²) in [6, 6.07) is 7.72. The third-order valence-electron chi connectivity index (χ3n) is 2.01. The Morgan fingerprint density at radius 3 is 2.93 bits per heavy atom. The number of nitrogens with two attached hydrogens (primary N) is 1. The summed E-state index contributed by atoms with van der Waals surface area (Å²) in [5.74, 6) is 0. The number of hydrogen-bond acceptors (Lipinski definition) is 4. The predicted molar refractivity (Wildman–Crippen MR) is 63.8 cm³/mol. The van der Waals surface area contributed by atoms with Crippen molar-refractivity contribution in [3.63, 3.8) is 0 Å². The summed E-state index contributed by atoms with van der Waals surface area (Å²) < 4.78 is 0. The molecule has 0 spiro atoms.